The summed E-state index contributed by atoms with van der Waals surface area (Å²) in [5, 5.41) is 0. The molecule has 4 heavy (non-hydrogen) atoms. The molecule has 0 aromatic rings. The molecule has 3 heteroatoms. The van der Waals surface area contributed by atoms with Crippen molar-refractivity contribution >= 4 is 45.8 Å². The first-order valence-electron chi connectivity index (χ1n) is 0.563. The zero-order valence-corrected chi connectivity index (χ0v) is 3.37. The van der Waals surface area contributed by atoms with Crippen molar-refractivity contribution in [3.8, 4) is 0 Å². The van der Waals surface area contributed by atoms with Gasteiger partial charge in [0.25, 0.3) is 0 Å². The maximum absolute atomic E-state index is 4.06. The monoisotopic (exact) mass is 134 g/mol. The van der Waals surface area contributed by atoms with Crippen molar-refractivity contribution in [2.75, 3.05) is 7.11 Å². The molecule has 0 saturated carbocycles. The van der Waals surface area contributed by atoms with Gasteiger partial charge >= 0.3 is 29.6 Å². The van der Waals surface area contributed by atoms with Crippen LogP contribution < -0.4 is 0 Å². The van der Waals surface area contributed by atoms with Gasteiger partial charge in [0.1, 0.15) is 0 Å². The van der Waals surface area contributed by atoms with E-state index in [2.05, 4.69) is 20.1 Å². The van der Waals surface area contributed by atoms with E-state index in [4.69, 9.17) is 0 Å². The van der Waals surface area contributed by atoms with Gasteiger partial charge in [-0.3, -0.25) is 0 Å². The van der Waals surface area contributed by atoms with Gasteiger partial charge in [0, 0.05) is 0 Å². The van der Waals surface area contributed by atoms with Crippen molar-refractivity contribution < 1.29 is 3.83 Å². The zero-order chi connectivity index (χ0) is 2.71. The van der Waals surface area contributed by atoms with Crippen LogP contribution in [0.2, 0.25) is 0 Å². The Morgan fingerprint density at radius 1 is 1.75 bits per heavy atom. The van der Waals surface area contributed by atoms with Crippen LogP contribution in [0.4, 0.5) is 0 Å². The van der Waals surface area contributed by atoms with Crippen molar-refractivity contribution in [3.63, 3.8) is 0 Å². The molecule has 0 unspecified atom stereocenters. The fourth-order valence-corrected chi connectivity index (χ4v) is 0. The van der Waals surface area contributed by atoms with Crippen molar-refractivity contribution in [1.82, 2.24) is 0 Å². The molecule has 1 nitrogen and oxygen atoms in total. The molecule has 0 aliphatic rings. The number of rotatable bonds is 0. The summed E-state index contributed by atoms with van der Waals surface area (Å²) >= 11 is 2.65. The van der Waals surface area contributed by atoms with Gasteiger partial charge in [0.2, 0.25) is 0 Å². The van der Waals surface area contributed by atoms with E-state index in [1.807, 2.05) is 0 Å². The van der Waals surface area contributed by atoms with Crippen LogP contribution >= 0.6 is 16.3 Å². The van der Waals surface area contributed by atoms with Gasteiger partial charge in [-0.2, -0.15) is 0 Å². The number of halogens is 1. The van der Waals surface area contributed by atoms with Gasteiger partial charge in [-0.1, -0.05) is 0 Å². The summed E-state index contributed by atoms with van der Waals surface area (Å²) in [5.41, 5.74) is 0. The first-order valence-corrected chi connectivity index (χ1v) is 1.21. The first kappa shape index (κ1) is 9.06. The van der Waals surface area contributed by atoms with Crippen LogP contribution in [0.3, 0.4) is 0 Å². The molecule has 0 saturated heterocycles. The molecule has 0 rings (SSSR count). The topological polar surface area (TPSA) is 9.23 Å². The summed E-state index contributed by atoms with van der Waals surface area (Å²) in [6, 6.07) is 0. The predicted octanol–water partition coefficient (Wildman–Crippen LogP) is 0.294. The molecular weight excluding hydrogens is 131 g/mol. The molecule has 0 atom stereocenters. The van der Waals surface area contributed by atoms with Crippen LogP contribution in [0.25, 0.3) is 0 Å². The summed E-state index contributed by atoms with van der Waals surface area (Å²) in [6.07, 6.45) is 0. The van der Waals surface area contributed by atoms with Gasteiger partial charge in [-0.15, -0.1) is 0 Å². The minimum atomic E-state index is 0. The SMILES string of the molecule is COBr.[NaH]. The summed E-state index contributed by atoms with van der Waals surface area (Å²) < 4.78 is 4.06. The van der Waals surface area contributed by atoms with Crippen LogP contribution in [0, 0.1) is 0 Å². The van der Waals surface area contributed by atoms with Gasteiger partial charge in [-0.25, -0.2) is 0 Å². The molecule has 0 aromatic heterocycles. The van der Waals surface area contributed by atoms with Gasteiger partial charge in [0.15, 0.2) is 0 Å². The van der Waals surface area contributed by atoms with E-state index in [0.717, 1.165) is 0 Å². The normalized spacial score (nSPS) is 4.50. The Bertz CT molecular complexity index is 8.00. The molecule has 0 aromatic carbocycles. The Balaban J connectivity index is 0. The van der Waals surface area contributed by atoms with Crippen LogP contribution in [0.5, 0.6) is 0 Å². The molecular formula is CH4BrNaO. The van der Waals surface area contributed by atoms with Crippen LogP contribution in [-0.4, -0.2) is 36.7 Å². The molecule has 22 valence electrons. The standard InChI is InChI=1S/CH3BrO.Na.H/c1-3-2;;/h1H3;;. The Morgan fingerprint density at radius 3 is 1.75 bits per heavy atom. The molecule has 0 bridgehead atoms. The molecule has 0 fully saturated rings. The molecule has 0 amide bonds. The molecule has 0 spiro atoms. The summed E-state index contributed by atoms with van der Waals surface area (Å²) in [5.74, 6) is 0. The summed E-state index contributed by atoms with van der Waals surface area (Å²) in [6.45, 7) is 0. The van der Waals surface area contributed by atoms with Crippen LogP contribution in [0.1, 0.15) is 0 Å². The molecule has 0 aliphatic carbocycles. The average molecular weight is 135 g/mol. The second-order valence-electron chi connectivity index (χ2n) is 0.154. The average Bonchev–Trinajstić information content (AvgIpc) is 0.918. The Morgan fingerprint density at radius 2 is 1.75 bits per heavy atom. The van der Waals surface area contributed by atoms with E-state index < -0.39 is 0 Å². The number of hydrogen-bond donors (Lipinski definition) is 0. The molecule has 0 heterocycles. The second kappa shape index (κ2) is 8.83. The van der Waals surface area contributed by atoms with Gasteiger partial charge in [-0.05, 0) is 0 Å². The van der Waals surface area contributed by atoms with E-state index in [1.54, 1.807) is 7.11 Å². The fourth-order valence-electron chi connectivity index (χ4n) is 0. The Hall–Kier alpha value is 1.44. The third-order valence-electron chi connectivity index (χ3n) is 0. The van der Waals surface area contributed by atoms with Gasteiger partial charge < -0.3 is 3.83 Å². The second-order valence-corrected chi connectivity index (χ2v) is 0.802. The van der Waals surface area contributed by atoms with Crippen molar-refractivity contribution in [2.24, 2.45) is 0 Å². The van der Waals surface area contributed by atoms with E-state index >= 15 is 0 Å². The summed E-state index contributed by atoms with van der Waals surface area (Å²) in [4.78, 5) is 0. The minimum absolute atomic E-state index is 0. The molecule has 0 aliphatic heterocycles. The Labute approximate surface area is 56.5 Å². The van der Waals surface area contributed by atoms with E-state index in [-0.39, 0.29) is 29.6 Å². The summed E-state index contributed by atoms with van der Waals surface area (Å²) in [7, 11) is 1.54. The van der Waals surface area contributed by atoms with Crippen molar-refractivity contribution in [3.05, 3.63) is 0 Å². The predicted molar refractivity (Wildman–Crippen MR) is 23.1 cm³/mol. The third-order valence-corrected chi connectivity index (χ3v) is 0. The van der Waals surface area contributed by atoms with E-state index in [9.17, 15) is 0 Å². The van der Waals surface area contributed by atoms with E-state index in [0.29, 0.717) is 0 Å². The van der Waals surface area contributed by atoms with Crippen LogP contribution in [0.15, 0.2) is 0 Å². The quantitative estimate of drug-likeness (QED) is 0.434. The number of hydrogen-bond acceptors (Lipinski definition) is 1. The maximum atomic E-state index is 4.06. The zero-order valence-electron chi connectivity index (χ0n) is 1.79. The van der Waals surface area contributed by atoms with Gasteiger partial charge in [0.05, 0.1) is 23.4 Å². The molecule has 0 N–H and O–H groups in total. The fraction of sp³-hybridized carbons (Fsp3) is 1.00. The van der Waals surface area contributed by atoms with E-state index in [1.165, 1.54) is 0 Å². The molecule has 0 radical (unpaired) electrons. The van der Waals surface area contributed by atoms with Crippen molar-refractivity contribution in [1.29, 1.82) is 0 Å². The Kier molecular flexibility index (Phi) is 20.0. The third kappa shape index (κ3) is 9.88. The first-order chi connectivity index (χ1) is 1.41. The van der Waals surface area contributed by atoms with Crippen LogP contribution in [-0.2, 0) is 3.83 Å². The van der Waals surface area contributed by atoms with Crippen molar-refractivity contribution in [2.45, 2.75) is 0 Å².